The summed E-state index contributed by atoms with van der Waals surface area (Å²) in [6, 6.07) is 6.87. The summed E-state index contributed by atoms with van der Waals surface area (Å²) in [5.41, 5.74) is 2.71. The Morgan fingerprint density at radius 3 is 2.72 bits per heavy atom. The van der Waals surface area contributed by atoms with Gasteiger partial charge in [0.2, 0.25) is 0 Å². The van der Waals surface area contributed by atoms with Crippen molar-refractivity contribution in [3.63, 3.8) is 0 Å². The van der Waals surface area contributed by atoms with Crippen LogP contribution < -0.4 is 5.32 Å². The zero-order valence-corrected chi connectivity index (χ0v) is 13.2. The van der Waals surface area contributed by atoms with E-state index >= 15 is 0 Å². The van der Waals surface area contributed by atoms with Gasteiger partial charge in [-0.15, -0.1) is 0 Å². The monoisotopic (exact) mass is 311 g/mol. The van der Waals surface area contributed by atoms with Crippen LogP contribution in [0.3, 0.4) is 0 Å². The van der Waals surface area contributed by atoms with Crippen molar-refractivity contribution in [3.05, 3.63) is 28.2 Å². The summed E-state index contributed by atoms with van der Waals surface area (Å²) in [4.78, 5) is 0. The molecule has 1 aliphatic rings. The number of nitrogens with one attached hydrogen (secondary N) is 1. The zero-order valence-electron chi connectivity index (χ0n) is 11.6. The molecule has 2 rings (SSSR count). The predicted octanol–water partition coefficient (Wildman–Crippen LogP) is 4.37. The molecule has 1 fully saturated rings. The highest BCUT2D eigenvalue weighted by Crippen LogP contribution is 2.44. The van der Waals surface area contributed by atoms with Crippen LogP contribution in [0.15, 0.2) is 22.7 Å². The number of hydrogen-bond donors (Lipinski definition) is 1. The van der Waals surface area contributed by atoms with Crippen molar-refractivity contribution in [2.45, 2.75) is 46.3 Å². The second-order valence-corrected chi connectivity index (χ2v) is 6.57. The molecule has 0 saturated heterocycles. The lowest BCUT2D eigenvalue weighted by molar-refractivity contribution is -0.0976. The van der Waals surface area contributed by atoms with Crippen LogP contribution in [0.25, 0.3) is 0 Å². The third-order valence-corrected chi connectivity index (χ3v) is 4.56. The first-order valence-electron chi connectivity index (χ1n) is 6.59. The van der Waals surface area contributed by atoms with Crippen LogP contribution in [0.5, 0.6) is 0 Å². The molecule has 0 amide bonds. The smallest absolute Gasteiger partial charge is 0.0665 e. The van der Waals surface area contributed by atoms with E-state index in [1.807, 2.05) is 0 Å². The molecule has 0 aromatic heterocycles. The van der Waals surface area contributed by atoms with Crippen LogP contribution in [0, 0.1) is 12.3 Å². The molecule has 3 heteroatoms. The molecule has 2 nitrogen and oxygen atoms in total. The van der Waals surface area contributed by atoms with Gasteiger partial charge < -0.3 is 10.1 Å². The molecule has 1 saturated carbocycles. The molecule has 18 heavy (non-hydrogen) atoms. The molecule has 1 aliphatic carbocycles. The Bertz CT molecular complexity index is 431. The summed E-state index contributed by atoms with van der Waals surface area (Å²) in [6.45, 7) is 9.57. The minimum absolute atomic E-state index is 0.204. The summed E-state index contributed by atoms with van der Waals surface area (Å²) >= 11 is 3.50. The molecule has 0 bridgehead atoms. The Kier molecular flexibility index (Phi) is 4.02. The van der Waals surface area contributed by atoms with Gasteiger partial charge in [-0.2, -0.15) is 0 Å². The normalized spacial score (nSPS) is 25.6. The molecule has 1 aromatic rings. The van der Waals surface area contributed by atoms with Gasteiger partial charge in [0.15, 0.2) is 0 Å². The van der Waals surface area contributed by atoms with Gasteiger partial charge in [0.1, 0.15) is 0 Å². The van der Waals surface area contributed by atoms with Gasteiger partial charge in [-0.05, 0) is 44.0 Å². The minimum Gasteiger partial charge on any atom is -0.381 e. The van der Waals surface area contributed by atoms with Crippen molar-refractivity contribution in [3.8, 4) is 0 Å². The number of hydrogen-bond acceptors (Lipinski definition) is 2. The van der Waals surface area contributed by atoms with Crippen LogP contribution in [0.1, 0.15) is 32.8 Å². The predicted molar refractivity (Wildman–Crippen MR) is 80.1 cm³/mol. The van der Waals surface area contributed by atoms with Gasteiger partial charge in [0, 0.05) is 28.2 Å². The van der Waals surface area contributed by atoms with E-state index in [4.69, 9.17) is 4.74 Å². The Balaban J connectivity index is 2.03. The number of anilines is 1. The van der Waals surface area contributed by atoms with E-state index in [-0.39, 0.29) is 5.41 Å². The fraction of sp³-hybridized carbons (Fsp3) is 0.600. The summed E-state index contributed by atoms with van der Waals surface area (Å²) in [7, 11) is 0. The van der Waals surface area contributed by atoms with Crippen LogP contribution in [0.2, 0.25) is 0 Å². The molecule has 0 heterocycles. The highest BCUT2D eigenvalue weighted by Gasteiger charge is 2.48. The van der Waals surface area contributed by atoms with E-state index in [9.17, 15) is 0 Å². The number of aryl methyl sites for hydroxylation is 1. The lowest BCUT2D eigenvalue weighted by Gasteiger charge is -2.52. The minimum atomic E-state index is 0.204. The summed E-state index contributed by atoms with van der Waals surface area (Å²) in [5, 5.41) is 3.65. The Labute approximate surface area is 118 Å². The van der Waals surface area contributed by atoms with Gasteiger partial charge in [-0.1, -0.05) is 29.8 Å². The summed E-state index contributed by atoms with van der Waals surface area (Å²) in [6.07, 6.45) is 1.48. The average Bonchev–Trinajstić information content (AvgIpc) is 2.30. The van der Waals surface area contributed by atoms with E-state index < -0.39 is 0 Å². The van der Waals surface area contributed by atoms with Gasteiger partial charge in [0.05, 0.1) is 6.10 Å². The van der Waals surface area contributed by atoms with E-state index in [0.717, 1.165) is 17.5 Å². The van der Waals surface area contributed by atoms with Gasteiger partial charge in [0.25, 0.3) is 0 Å². The topological polar surface area (TPSA) is 21.3 Å². The maximum atomic E-state index is 5.76. The van der Waals surface area contributed by atoms with Crippen molar-refractivity contribution in [2.24, 2.45) is 5.41 Å². The van der Waals surface area contributed by atoms with Crippen molar-refractivity contribution >= 4 is 21.6 Å². The Morgan fingerprint density at radius 1 is 1.44 bits per heavy atom. The van der Waals surface area contributed by atoms with Crippen molar-refractivity contribution < 1.29 is 4.74 Å². The molecule has 1 aromatic carbocycles. The van der Waals surface area contributed by atoms with Crippen LogP contribution in [-0.4, -0.2) is 18.8 Å². The quantitative estimate of drug-likeness (QED) is 0.891. The fourth-order valence-electron chi connectivity index (χ4n) is 2.59. The van der Waals surface area contributed by atoms with Gasteiger partial charge >= 0.3 is 0 Å². The summed E-state index contributed by atoms with van der Waals surface area (Å²) in [5.74, 6) is 0. The molecule has 2 unspecified atom stereocenters. The van der Waals surface area contributed by atoms with Crippen molar-refractivity contribution in [2.75, 3.05) is 11.9 Å². The first-order chi connectivity index (χ1) is 8.45. The second-order valence-electron chi connectivity index (χ2n) is 5.66. The molecule has 100 valence electrons. The molecule has 0 aliphatic heterocycles. The lowest BCUT2D eigenvalue weighted by Crippen LogP contribution is -2.58. The SMILES string of the molecule is CCOC1CC(Nc2ccc(Br)cc2C)C1(C)C. The van der Waals surface area contributed by atoms with E-state index in [1.165, 1.54) is 11.3 Å². The Hall–Kier alpha value is -0.540. The molecular formula is C15H22BrNO. The highest BCUT2D eigenvalue weighted by molar-refractivity contribution is 9.10. The first kappa shape index (κ1) is 13.9. The zero-order chi connectivity index (χ0) is 13.3. The third-order valence-electron chi connectivity index (χ3n) is 4.06. The van der Waals surface area contributed by atoms with E-state index in [1.54, 1.807) is 0 Å². The number of rotatable bonds is 4. The molecule has 1 N–H and O–H groups in total. The van der Waals surface area contributed by atoms with E-state index in [0.29, 0.717) is 12.1 Å². The van der Waals surface area contributed by atoms with Gasteiger partial charge in [-0.3, -0.25) is 0 Å². The largest absolute Gasteiger partial charge is 0.381 e. The number of halogens is 1. The fourth-order valence-corrected chi connectivity index (χ4v) is 3.07. The first-order valence-corrected chi connectivity index (χ1v) is 7.38. The van der Waals surface area contributed by atoms with E-state index in [2.05, 4.69) is 67.1 Å². The molecule has 0 spiro atoms. The maximum Gasteiger partial charge on any atom is 0.0665 e. The second kappa shape index (κ2) is 5.22. The third kappa shape index (κ3) is 2.57. The molecule has 0 radical (unpaired) electrons. The van der Waals surface area contributed by atoms with Crippen LogP contribution in [0.4, 0.5) is 5.69 Å². The van der Waals surface area contributed by atoms with Crippen LogP contribution in [-0.2, 0) is 4.74 Å². The standard InChI is InChI=1S/C15H22BrNO/c1-5-18-14-9-13(15(14,3)4)17-12-7-6-11(16)8-10(12)2/h6-8,13-14,17H,5,9H2,1-4H3. The maximum absolute atomic E-state index is 5.76. The van der Waals surface area contributed by atoms with Crippen molar-refractivity contribution in [1.29, 1.82) is 0 Å². The highest BCUT2D eigenvalue weighted by atomic mass is 79.9. The van der Waals surface area contributed by atoms with Crippen LogP contribution >= 0.6 is 15.9 Å². The molecular weight excluding hydrogens is 290 g/mol. The summed E-state index contributed by atoms with van der Waals surface area (Å²) < 4.78 is 6.89. The Morgan fingerprint density at radius 2 is 2.17 bits per heavy atom. The number of benzene rings is 1. The number of ether oxygens (including phenoxy) is 1. The lowest BCUT2D eigenvalue weighted by atomic mass is 9.64. The average molecular weight is 312 g/mol. The van der Waals surface area contributed by atoms with Gasteiger partial charge in [-0.25, -0.2) is 0 Å². The van der Waals surface area contributed by atoms with Crippen molar-refractivity contribution in [1.82, 2.24) is 0 Å². The molecule has 2 atom stereocenters.